The maximum atomic E-state index is 14.9. The molecule has 186 valence electrons. The molecule has 3 heterocycles. The zero-order valence-corrected chi connectivity index (χ0v) is 18.1. The van der Waals surface area contributed by atoms with Gasteiger partial charge in [0.15, 0.2) is 12.3 Å². The normalized spacial score (nSPS) is 23.4. The van der Waals surface area contributed by atoms with Gasteiger partial charge >= 0.3 is 6.18 Å². The number of benzene rings is 1. The van der Waals surface area contributed by atoms with Crippen molar-refractivity contribution in [2.75, 3.05) is 48.4 Å². The fourth-order valence-corrected chi connectivity index (χ4v) is 4.12. The van der Waals surface area contributed by atoms with Gasteiger partial charge in [-0.25, -0.2) is 18.2 Å². The minimum absolute atomic E-state index is 0.0418. The lowest BCUT2D eigenvalue weighted by Crippen LogP contribution is -2.38. The Kier molecular flexibility index (Phi) is 6.65. The van der Waals surface area contributed by atoms with Crippen LogP contribution in [0.2, 0.25) is 0 Å². The number of aliphatic hydroxyl groups excluding tert-OH is 1. The molecule has 1 aromatic carbocycles. The number of hydrogen-bond donors (Lipinski definition) is 2. The molecule has 7 nitrogen and oxygen atoms in total. The number of halogens is 6. The second-order valence-corrected chi connectivity index (χ2v) is 8.24. The van der Waals surface area contributed by atoms with E-state index in [9.17, 15) is 31.4 Å². The van der Waals surface area contributed by atoms with Crippen molar-refractivity contribution in [1.29, 1.82) is 0 Å². The van der Waals surface area contributed by atoms with Gasteiger partial charge in [0.2, 0.25) is 5.95 Å². The fraction of sp³-hybridized carbons (Fsp3) is 0.524. The molecular formula is C21H23F6N5O2. The van der Waals surface area contributed by atoms with Crippen LogP contribution in [0.25, 0.3) is 0 Å². The van der Waals surface area contributed by atoms with Crippen LogP contribution < -0.4 is 19.9 Å². The minimum Gasteiger partial charge on any atom is -0.494 e. The molecule has 0 spiro atoms. The number of β-amino-alcohol motifs (C(OH)–C–C–N with tert-alkyl or cyclic N) is 1. The topological polar surface area (TPSA) is 73.8 Å². The van der Waals surface area contributed by atoms with Crippen molar-refractivity contribution >= 4 is 23.1 Å². The van der Waals surface area contributed by atoms with Crippen LogP contribution in [0.5, 0.6) is 5.75 Å². The first kappa shape index (κ1) is 24.2. The van der Waals surface area contributed by atoms with E-state index in [1.807, 2.05) is 0 Å². The summed E-state index contributed by atoms with van der Waals surface area (Å²) in [6.45, 7) is -0.389. The van der Waals surface area contributed by atoms with Crippen LogP contribution in [0.3, 0.4) is 0 Å². The molecule has 34 heavy (non-hydrogen) atoms. The zero-order chi connectivity index (χ0) is 24.6. The van der Waals surface area contributed by atoms with Crippen molar-refractivity contribution in [2.45, 2.75) is 37.5 Å². The van der Waals surface area contributed by atoms with E-state index in [1.54, 1.807) is 4.90 Å². The molecule has 2 aliphatic rings. The SMILES string of the molecule is COc1cc(N2CCCC(O)C2)c(F)cc1Nc1ncc(C(F)(F)F)c(N2C[C@H](F)[C@@H](F)C2)n1. The third kappa shape index (κ3) is 4.93. The molecule has 0 amide bonds. The number of alkyl halides is 5. The number of piperidine rings is 1. The number of nitrogens with zero attached hydrogens (tertiary/aromatic N) is 4. The second kappa shape index (κ2) is 9.35. The molecular weight excluding hydrogens is 468 g/mol. The van der Waals surface area contributed by atoms with E-state index in [0.29, 0.717) is 25.6 Å². The monoisotopic (exact) mass is 491 g/mol. The van der Waals surface area contributed by atoms with Crippen molar-refractivity contribution in [3.05, 3.63) is 29.7 Å². The van der Waals surface area contributed by atoms with Crippen LogP contribution in [0.15, 0.2) is 18.3 Å². The van der Waals surface area contributed by atoms with E-state index in [1.165, 1.54) is 13.2 Å². The average molecular weight is 491 g/mol. The van der Waals surface area contributed by atoms with Gasteiger partial charge in [0.25, 0.3) is 0 Å². The summed E-state index contributed by atoms with van der Waals surface area (Å²) in [5.41, 5.74) is -0.994. The molecule has 0 saturated carbocycles. The first-order valence-electron chi connectivity index (χ1n) is 10.6. The molecule has 2 fully saturated rings. The summed E-state index contributed by atoms with van der Waals surface area (Å²) < 4.78 is 87.9. The summed E-state index contributed by atoms with van der Waals surface area (Å²) in [7, 11) is 1.33. The van der Waals surface area contributed by atoms with Crippen molar-refractivity contribution in [3.63, 3.8) is 0 Å². The molecule has 2 N–H and O–H groups in total. The summed E-state index contributed by atoms with van der Waals surface area (Å²) in [6.07, 6.45) is -7.51. The van der Waals surface area contributed by atoms with E-state index in [-0.39, 0.29) is 29.6 Å². The highest BCUT2D eigenvalue weighted by Gasteiger charge is 2.41. The maximum Gasteiger partial charge on any atom is 0.421 e. The van der Waals surface area contributed by atoms with Gasteiger partial charge in [-0.2, -0.15) is 18.2 Å². The molecule has 0 bridgehead atoms. The molecule has 0 aliphatic carbocycles. The molecule has 0 radical (unpaired) electrons. The van der Waals surface area contributed by atoms with Crippen LogP contribution in [-0.4, -0.2) is 66.8 Å². The summed E-state index contributed by atoms with van der Waals surface area (Å²) in [5, 5.41) is 12.5. The molecule has 2 aromatic rings. The lowest BCUT2D eigenvalue weighted by Gasteiger charge is -2.32. The van der Waals surface area contributed by atoms with Gasteiger partial charge in [-0.15, -0.1) is 0 Å². The molecule has 3 atom stereocenters. The van der Waals surface area contributed by atoms with Crippen LogP contribution >= 0.6 is 0 Å². The average Bonchev–Trinajstić information content (AvgIpc) is 3.11. The number of aliphatic hydroxyl groups is 1. The highest BCUT2D eigenvalue weighted by atomic mass is 19.4. The Labute approximate surface area is 191 Å². The van der Waals surface area contributed by atoms with E-state index < -0.39 is 54.9 Å². The minimum atomic E-state index is -4.85. The van der Waals surface area contributed by atoms with Gasteiger partial charge in [-0.3, -0.25) is 0 Å². The smallest absolute Gasteiger partial charge is 0.421 e. The number of ether oxygens (including phenoxy) is 1. The number of nitrogens with one attached hydrogen (secondary N) is 1. The van der Waals surface area contributed by atoms with Crippen molar-refractivity contribution in [3.8, 4) is 5.75 Å². The summed E-state index contributed by atoms with van der Waals surface area (Å²) >= 11 is 0. The van der Waals surface area contributed by atoms with Crippen LogP contribution in [-0.2, 0) is 6.18 Å². The first-order chi connectivity index (χ1) is 16.1. The molecule has 2 saturated heterocycles. The Morgan fingerprint density at radius 1 is 1.12 bits per heavy atom. The molecule has 2 aliphatic heterocycles. The standard InChI is InChI=1S/C21H23F6N5O2/c1-34-18-6-17(31-4-2-3-11(33)8-31)13(22)5-16(18)29-20-28-7-12(21(25,26)27)19(30-20)32-9-14(23)15(24)10-32/h5-7,11,14-15,33H,2-4,8-10H2,1H3,(H,28,29,30)/t11?,14-,15-/m0/s1. The third-order valence-electron chi connectivity index (χ3n) is 5.81. The largest absolute Gasteiger partial charge is 0.494 e. The molecule has 13 heteroatoms. The van der Waals surface area contributed by atoms with Crippen LogP contribution in [0.4, 0.5) is 49.5 Å². The van der Waals surface area contributed by atoms with Gasteiger partial charge in [0.05, 0.1) is 37.7 Å². The van der Waals surface area contributed by atoms with E-state index >= 15 is 0 Å². The summed E-state index contributed by atoms with van der Waals surface area (Å²) in [5.74, 6) is -1.49. The van der Waals surface area contributed by atoms with Gasteiger partial charge in [0, 0.05) is 31.4 Å². The van der Waals surface area contributed by atoms with Crippen molar-refractivity contribution < 1.29 is 36.2 Å². The number of anilines is 4. The maximum absolute atomic E-state index is 14.9. The van der Waals surface area contributed by atoms with Gasteiger partial charge in [-0.05, 0) is 12.8 Å². The van der Waals surface area contributed by atoms with Crippen molar-refractivity contribution in [2.24, 2.45) is 0 Å². The molecule has 1 aromatic heterocycles. The van der Waals surface area contributed by atoms with Crippen LogP contribution in [0.1, 0.15) is 18.4 Å². The highest BCUT2D eigenvalue weighted by molar-refractivity contribution is 5.69. The highest BCUT2D eigenvalue weighted by Crippen LogP contribution is 2.39. The number of rotatable bonds is 5. The number of methoxy groups -OCH3 is 1. The summed E-state index contributed by atoms with van der Waals surface area (Å²) in [6, 6.07) is 2.49. The quantitative estimate of drug-likeness (QED) is 0.616. The first-order valence-corrected chi connectivity index (χ1v) is 10.6. The Hall–Kier alpha value is -2.96. The number of aromatic nitrogens is 2. The van der Waals surface area contributed by atoms with E-state index in [4.69, 9.17) is 4.74 Å². The Morgan fingerprint density at radius 3 is 2.44 bits per heavy atom. The Morgan fingerprint density at radius 2 is 1.82 bits per heavy atom. The lowest BCUT2D eigenvalue weighted by atomic mass is 10.1. The fourth-order valence-electron chi connectivity index (χ4n) is 4.12. The molecule has 4 rings (SSSR count). The van der Waals surface area contributed by atoms with Crippen LogP contribution in [0, 0.1) is 5.82 Å². The lowest BCUT2D eigenvalue weighted by molar-refractivity contribution is -0.137. The Balaban J connectivity index is 1.65. The zero-order valence-electron chi connectivity index (χ0n) is 18.1. The third-order valence-corrected chi connectivity index (χ3v) is 5.81. The number of hydrogen-bond acceptors (Lipinski definition) is 7. The predicted molar refractivity (Wildman–Crippen MR) is 113 cm³/mol. The van der Waals surface area contributed by atoms with Crippen molar-refractivity contribution in [1.82, 2.24) is 9.97 Å². The van der Waals surface area contributed by atoms with E-state index in [2.05, 4.69) is 15.3 Å². The second-order valence-electron chi connectivity index (χ2n) is 8.24. The predicted octanol–water partition coefficient (Wildman–Crippen LogP) is 3.84. The van der Waals surface area contributed by atoms with E-state index in [0.717, 1.165) is 11.0 Å². The van der Waals surface area contributed by atoms with Gasteiger partial charge in [0.1, 0.15) is 22.9 Å². The van der Waals surface area contributed by atoms with Gasteiger partial charge in [-0.1, -0.05) is 0 Å². The molecule has 1 unspecified atom stereocenters. The summed E-state index contributed by atoms with van der Waals surface area (Å²) in [4.78, 5) is 10.0. The van der Waals surface area contributed by atoms with Gasteiger partial charge < -0.3 is 25.0 Å². The Bertz CT molecular complexity index is 1030.